The van der Waals surface area contributed by atoms with Crippen LogP contribution in [0.2, 0.25) is 0 Å². The van der Waals surface area contributed by atoms with Gasteiger partial charge in [0, 0.05) is 23.6 Å². The van der Waals surface area contributed by atoms with Crippen molar-refractivity contribution in [1.82, 2.24) is 0 Å². The fraction of sp³-hybridized carbons (Fsp3) is 0.300. The second kappa shape index (κ2) is 7.47. The van der Waals surface area contributed by atoms with E-state index in [9.17, 15) is 9.59 Å². The Kier molecular flexibility index (Phi) is 5.11. The number of ether oxygens (including phenoxy) is 2. The highest BCUT2D eigenvalue weighted by molar-refractivity contribution is 6.05. The van der Waals surface area contributed by atoms with Crippen molar-refractivity contribution < 1.29 is 19.1 Å². The lowest BCUT2D eigenvalue weighted by atomic mass is 9.98. The third kappa shape index (κ3) is 3.35. The van der Waals surface area contributed by atoms with Crippen molar-refractivity contribution >= 4 is 23.3 Å². The lowest BCUT2D eigenvalue weighted by molar-refractivity contribution is -0.139. The van der Waals surface area contributed by atoms with Crippen LogP contribution in [0.15, 0.2) is 53.9 Å². The van der Waals surface area contributed by atoms with E-state index in [1.807, 2.05) is 18.2 Å². The lowest BCUT2D eigenvalue weighted by Gasteiger charge is -2.28. The highest BCUT2D eigenvalue weighted by Gasteiger charge is 2.28. The molecule has 0 saturated heterocycles. The summed E-state index contributed by atoms with van der Waals surface area (Å²) in [5, 5.41) is 3.46. The van der Waals surface area contributed by atoms with Gasteiger partial charge in [-0.3, -0.25) is 0 Å². The molecule has 0 radical (unpaired) electrons. The molecule has 3 rings (SSSR count). The first-order valence-electron chi connectivity index (χ1n) is 8.49. The van der Waals surface area contributed by atoms with Gasteiger partial charge in [-0.05, 0) is 55.7 Å². The summed E-state index contributed by atoms with van der Waals surface area (Å²) in [6.07, 6.45) is 8.74. The molecule has 6 nitrogen and oxygen atoms in total. The molecule has 1 aromatic rings. The second-order valence-electron chi connectivity index (χ2n) is 6.24. The normalized spacial score (nSPS) is 18.7. The number of anilines is 2. The number of aryl methyl sites for hydroxylation is 1. The Labute approximate surface area is 152 Å². The van der Waals surface area contributed by atoms with Crippen LogP contribution in [0.4, 0.5) is 11.4 Å². The first-order valence-corrected chi connectivity index (χ1v) is 8.49. The maximum Gasteiger partial charge on any atom is 0.355 e. The van der Waals surface area contributed by atoms with E-state index in [1.165, 1.54) is 19.8 Å². The standard InChI is InChI=1S/C20H22N2O4/c1-13-7-8-14-12-15(9-10-17(14)21-13)22-11-5-4-6-16(19(23)25-2)18(22)20(24)26-3/h4-6,9-13,21H,7-8H2,1-3H3. The summed E-state index contributed by atoms with van der Waals surface area (Å²) in [6, 6.07) is 6.38. The summed E-state index contributed by atoms with van der Waals surface area (Å²) in [5.74, 6) is -1.20. The van der Waals surface area contributed by atoms with Gasteiger partial charge in [0.15, 0.2) is 0 Å². The van der Waals surface area contributed by atoms with Gasteiger partial charge in [0.05, 0.1) is 19.8 Å². The van der Waals surface area contributed by atoms with Gasteiger partial charge in [-0.15, -0.1) is 0 Å². The van der Waals surface area contributed by atoms with Crippen molar-refractivity contribution in [3.8, 4) is 0 Å². The maximum atomic E-state index is 12.5. The molecule has 0 bridgehead atoms. The van der Waals surface area contributed by atoms with E-state index in [-0.39, 0.29) is 11.3 Å². The SMILES string of the molecule is COC(=O)C1=C(C(=O)OC)N(c2ccc3c(c2)CCC(C)N3)C=CC=C1. The van der Waals surface area contributed by atoms with E-state index in [0.717, 1.165) is 24.2 Å². The highest BCUT2D eigenvalue weighted by atomic mass is 16.5. The molecule has 0 spiro atoms. The number of hydrogen-bond donors (Lipinski definition) is 1. The van der Waals surface area contributed by atoms with Gasteiger partial charge in [-0.2, -0.15) is 0 Å². The fourth-order valence-electron chi connectivity index (χ4n) is 3.15. The number of esters is 2. The molecular formula is C20H22N2O4. The zero-order valence-corrected chi connectivity index (χ0v) is 15.1. The van der Waals surface area contributed by atoms with Crippen molar-refractivity contribution in [1.29, 1.82) is 0 Å². The van der Waals surface area contributed by atoms with Crippen molar-refractivity contribution in [2.75, 3.05) is 24.4 Å². The Balaban J connectivity index is 2.09. The Bertz CT molecular complexity index is 823. The molecule has 2 heterocycles. The third-order valence-corrected chi connectivity index (χ3v) is 4.50. The molecule has 2 aliphatic rings. The van der Waals surface area contributed by atoms with Crippen LogP contribution in [0.25, 0.3) is 0 Å². The Morgan fingerprint density at radius 3 is 2.65 bits per heavy atom. The first-order chi connectivity index (χ1) is 12.5. The quantitative estimate of drug-likeness (QED) is 0.842. The van der Waals surface area contributed by atoms with Crippen LogP contribution < -0.4 is 10.2 Å². The van der Waals surface area contributed by atoms with Gasteiger partial charge in [0.2, 0.25) is 0 Å². The summed E-state index contributed by atoms with van der Waals surface area (Å²) in [5.41, 5.74) is 3.33. The van der Waals surface area contributed by atoms with Crippen LogP contribution in [0.3, 0.4) is 0 Å². The number of fused-ring (bicyclic) bond motifs is 1. The molecule has 2 aliphatic heterocycles. The molecule has 26 heavy (non-hydrogen) atoms. The molecule has 0 aliphatic carbocycles. The molecule has 1 aromatic carbocycles. The Morgan fingerprint density at radius 1 is 1.15 bits per heavy atom. The number of carbonyl (C=O) groups is 2. The average molecular weight is 354 g/mol. The van der Waals surface area contributed by atoms with Crippen LogP contribution in [0, 0.1) is 0 Å². The average Bonchev–Trinajstić information content (AvgIpc) is 2.89. The van der Waals surface area contributed by atoms with Gasteiger partial charge in [0.25, 0.3) is 0 Å². The highest BCUT2D eigenvalue weighted by Crippen LogP contribution is 2.32. The van der Waals surface area contributed by atoms with Crippen LogP contribution in [-0.2, 0) is 25.5 Å². The number of carbonyl (C=O) groups excluding carboxylic acids is 2. The zero-order chi connectivity index (χ0) is 18.7. The van der Waals surface area contributed by atoms with Crippen LogP contribution >= 0.6 is 0 Å². The van der Waals surface area contributed by atoms with Crippen LogP contribution in [0.5, 0.6) is 0 Å². The summed E-state index contributed by atoms with van der Waals surface area (Å²) < 4.78 is 9.76. The molecular weight excluding hydrogens is 332 g/mol. The minimum Gasteiger partial charge on any atom is -0.465 e. The summed E-state index contributed by atoms with van der Waals surface area (Å²) in [7, 11) is 2.57. The van der Waals surface area contributed by atoms with Crippen molar-refractivity contribution in [3.05, 3.63) is 59.5 Å². The van der Waals surface area contributed by atoms with Gasteiger partial charge in [-0.25, -0.2) is 9.59 Å². The molecule has 1 atom stereocenters. The minimum absolute atomic E-state index is 0.126. The number of rotatable bonds is 3. The number of benzene rings is 1. The molecule has 0 aromatic heterocycles. The van der Waals surface area contributed by atoms with E-state index in [4.69, 9.17) is 9.47 Å². The van der Waals surface area contributed by atoms with E-state index < -0.39 is 11.9 Å². The van der Waals surface area contributed by atoms with Crippen molar-refractivity contribution in [3.63, 3.8) is 0 Å². The summed E-state index contributed by atoms with van der Waals surface area (Å²) >= 11 is 0. The number of nitrogens with zero attached hydrogens (tertiary/aromatic N) is 1. The van der Waals surface area contributed by atoms with Gasteiger partial charge in [-0.1, -0.05) is 6.08 Å². The monoisotopic (exact) mass is 354 g/mol. The van der Waals surface area contributed by atoms with Crippen molar-refractivity contribution in [2.45, 2.75) is 25.8 Å². The summed E-state index contributed by atoms with van der Waals surface area (Å²) in [6.45, 7) is 2.15. The van der Waals surface area contributed by atoms with Crippen LogP contribution in [-0.4, -0.2) is 32.2 Å². The molecule has 136 valence electrons. The molecule has 0 saturated carbocycles. The Morgan fingerprint density at radius 2 is 1.92 bits per heavy atom. The minimum atomic E-state index is -0.605. The maximum absolute atomic E-state index is 12.5. The van der Waals surface area contributed by atoms with Crippen LogP contribution in [0.1, 0.15) is 18.9 Å². The summed E-state index contributed by atoms with van der Waals surface area (Å²) in [4.78, 5) is 26.3. The van der Waals surface area contributed by atoms with Gasteiger partial charge >= 0.3 is 11.9 Å². The van der Waals surface area contributed by atoms with Gasteiger partial charge in [0.1, 0.15) is 5.70 Å². The largest absolute Gasteiger partial charge is 0.465 e. The smallest absolute Gasteiger partial charge is 0.355 e. The molecule has 6 heteroatoms. The van der Waals surface area contributed by atoms with E-state index in [0.29, 0.717) is 6.04 Å². The number of allylic oxidation sites excluding steroid dienone is 2. The molecule has 1 unspecified atom stereocenters. The Hall–Kier alpha value is -3.02. The molecule has 0 fully saturated rings. The van der Waals surface area contributed by atoms with Gasteiger partial charge < -0.3 is 19.7 Å². The number of nitrogens with one attached hydrogen (secondary N) is 1. The number of methoxy groups -OCH3 is 2. The van der Waals surface area contributed by atoms with E-state index in [2.05, 4.69) is 12.2 Å². The topological polar surface area (TPSA) is 67.9 Å². The molecule has 1 N–H and O–H groups in total. The van der Waals surface area contributed by atoms with Crippen molar-refractivity contribution in [2.24, 2.45) is 0 Å². The zero-order valence-electron chi connectivity index (χ0n) is 15.1. The fourth-order valence-corrected chi connectivity index (χ4v) is 3.15. The lowest BCUT2D eigenvalue weighted by Crippen LogP contribution is -2.27. The third-order valence-electron chi connectivity index (χ3n) is 4.50. The first kappa shape index (κ1) is 17.8. The predicted molar refractivity (Wildman–Crippen MR) is 99.7 cm³/mol. The van der Waals surface area contributed by atoms with E-state index >= 15 is 0 Å². The number of hydrogen-bond acceptors (Lipinski definition) is 6. The predicted octanol–water partition coefficient (Wildman–Crippen LogP) is 2.92. The molecule has 0 amide bonds. The van der Waals surface area contributed by atoms with E-state index in [1.54, 1.807) is 29.3 Å². The second-order valence-corrected chi connectivity index (χ2v) is 6.24.